The third kappa shape index (κ3) is 2.36. The van der Waals surface area contributed by atoms with Gasteiger partial charge in [-0.05, 0) is 37.5 Å². The predicted molar refractivity (Wildman–Crippen MR) is 61.9 cm³/mol. The summed E-state index contributed by atoms with van der Waals surface area (Å²) < 4.78 is 37.6. The fourth-order valence-electron chi connectivity index (χ4n) is 3.50. The largest absolute Gasteiger partial charge is 0.471 e. The van der Waals surface area contributed by atoms with Gasteiger partial charge in [-0.15, -0.1) is 0 Å². The molecule has 0 aromatic rings. The normalized spacial score (nSPS) is 33.6. The third-order valence-corrected chi connectivity index (χ3v) is 4.70. The second kappa shape index (κ2) is 4.74. The van der Waals surface area contributed by atoms with Crippen LogP contribution in [0.5, 0.6) is 0 Å². The smallest absolute Gasteiger partial charge is 0.329 e. The first-order chi connectivity index (χ1) is 8.34. The number of carbonyl (C=O) groups is 1. The first-order valence-corrected chi connectivity index (χ1v) is 6.74. The van der Waals surface area contributed by atoms with Crippen molar-refractivity contribution in [2.24, 2.45) is 11.8 Å². The van der Waals surface area contributed by atoms with Gasteiger partial charge in [-0.1, -0.05) is 20.3 Å². The van der Waals surface area contributed by atoms with Gasteiger partial charge in [-0.2, -0.15) is 13.2 Å². The molecule has 2 saturated heterocycles. The highest BCUT2D eigenvalue weighted by Crippen LogP contribution is 2.43. The van der Waals surface area contributed by atoms with Gasteiger partial charge in [0.1, 0.15) is 0 Å². The monoisotopic (exact) mass is 263 g/mol. The summed E-state index contributed by atoms with van der Waals surface area (Å²) in [5, 5.41) is 0. The van der Waals surface area contributed by atoms with Gasteiger partial charge in [0.05, 0.1) is 0 Å². The summed E-state index contributed by atoms with van der Waals surface area (Å²) in [6.45, 7) is 4.27. The van der Waals surface area contributed by atoms with Crippen molar-refractivity contribution < 1.29 is 18.0 Å². The van der Waals surface area contributed by atoms with Crippen LogP contribution in [0.1, 0.15) is 46.0 Å². The van der Waals surface area contributed by atoms with Crippen molar-refractivity contribution in [2.45, 2.75) is 64.2 Å². The average Bonchev–Trinajstić information content (AvgIpc) is 2.55. The van der Waals surface area contributed by atoms with E-state index in [0.717, 1.165) is 37.0 Å². The summed E-state index contributed by atoms with van der Waals surface area (Å²) in [6.07, 6.45) is -0.707. The van der Waals surface area contributed by atoms with E-state index in [4.69, 9.17) is 0 Å². The Labute approximate surface area is 106 Å². The van der Waals surface area contributed by atoms with Gasteiger partial charge in [-0.3, -0.25) is 4.79 Å². The summed E-state index contributed by atoms with van der Waals surface area (Å²) >= 11 is 0. The van der Waals surface area contributed by atoms with Crippen molar-refractivity contribution in [1.82, 2.24) is 4.90 Å². The van der Waals surface area contributed by atoms with Gasteiger partial charge in [0.15, 0.2) is 0 Å². The van der Waals surface area contributed by atoms with Gasteiger partial charge in [0, 0.05) is 12.1 Å². The van der Waals surface area contributed by atoms with Crippen LogP contribution in [0.3, 0.4) is 0 Å². The summed E-state index contributed by atoms with van der Waals surface area (Å²) in [6, 6.07) is -0.367. The molecule has 0 aliphatic carbocycles. The number of carbonyl (C=O) groups excluding carboxylic acids is 1. The maximum atomic E-state index is 12.5. The number of alkyl halides is 3. The number of nitrogens with zero attached hydrogens (tertiary/aromatic N) is 1. The Balaban J connectivity index is 2.09. The summed E-state index contributed by atoms with van der Waals surface area (Å²) in [4.78, 5) is 12.6. The van der Waals surface area contributed by atoms with Crippen LogP contribution < -0.4 is 0 Å². The molecule has 0 spiro atoms. The van der Waals surface area contributed by atoms with Gasteiger partial charge in [0.25, 0.3) is 0 Å². The van der Waals surface area contributed by atoms with E-state index in [0.29, 0.717) is 11.8 Å². The Morgan fingerprint density at radius 3 is 2.17 bits per heavy atom. The van der Waals surface area contributed by atoms with E-state index < -0.39 is 12.1 Å². The molecule has 2 bridgehead atoms. The quantitative estimate of drug-likeness (QED) is 0.748. The van der Waals surface area contributed by atoms with E-state index in [1.165, 1.54) is 0 Å². The van der Waals surface area contributed by atoms with E-state index in [9.17, 15) is 18.0 Å². The number of amides is 1. The first kappa shape index (κ1) is 13.7. The fourth-order valence-corrected chi connectivity index (χ4v) is 3.50. The van der Waals surface area contributed by atoms with Crippen LogP contribution in [0.15, 0.2) is 0 Å². The second-order valence-electron chi connectivity index (χ2n) is 5.71. The molecule has 104 valence electrons. The molecule has 0 saturated carbocycles. The maximum Gasteiger partial charge on any atom is 0.471 e. The maximum absolute atomic E-state index is 12.5. The molecule has 2 rings (SSSR count). The Morgan fingerprint density at radius 2 is 1.78 bits per heavy atom. The summed E-state index contributed by atoms with van der Waals surface area (Å²) in [7, 11) is 0. The molecule has 2 fully saturated rings. The summed E-state index contributed by atoms with van der Waals surface area (Å²) in [5.41, 5.74) is 0. The van der Waals surface area contributed by atoms with Crippen molar-refractivity contribution in [3.8, 4) is 0 Å². The van der Waals surface area contributed by atoms with Gasteiger partial charge in [0.2, 0.25) is 0 Å². The Bertz CT molecular complexity index is 315. The van der Waals surface area contributed by atoms with E-state index in [1.807, 2.05) is 0 Å². The van der Waals surface area contributed by atoms with Gasteiger partial charge in [-0.25, -0.2) is 0 Å². The highest BCUT2D eigenvalue weighted by Gasteiger charge is 2.52. The highest BCUT2D eigenvalue weighted by molar-refractivity contribution is 5.82. The lowest BCUT2D eigenvalue weighted by molar-refractivity contribution is -0.190. The van der Waals surface area contributed by atoms with Crippen LogP contribution in [-0.2, 0) is 4.79 Å². The minimum absolute atomic E-state index is 0.183. The van der Waals surface area contributed by atoms with Crippen LogP contribution in [-0.4, -0.2) is 29.1 Å². The lowest BCUT2D eigenvalue weighted by Crippen LogP contribution is -2.52. The Morgan fingerprint density at radius 1 is 1.28 bits per heavy atom. The third-order valence-electron chi connectivity index (χ3n) is 4.70. The molecule has 1 amide bonds. The number of fused-ring (bicyclic) bond motifs is 2. The molecule has 0 radical (unpaired) electrons. The van der Waals surface area contributed by atoms with Crippen molar-refractivity contribution in [3.05, 3.63) is 0 Å². The zero-order valence-corrected chi connectivity index (χ0v) is 10.8. The lowest BCUT2D eigenvalue weighted by atomic mass is 9.80. The Kier molecular flexibility index (Phi) is 3.60. The SMILES string of the molecule is CCC(C)C1CC2CCC(C1)N2C(=O)C(F)(F)F. The Hall–Kier alpha value is -0.740. The predicted octanol–water partition coefficient (Wildman–Crippen LogP) is 3.36. The van der Waals surface area contributed by atoms with E-state index >= 15 is 0 Å². The lowest BCUT2D eigenvalue weighted by Gasteiger charge is -2.41. The molecular formula is C13H20F3NO. The van der Waals surface area contributed by atoms with Crippen LogP contribution in [0, 0.1) is 11.8 Å². The molecule has 0 aromatic heterocycles. The van der Waals surface area contributed by atoms with E-state index in [2.05, 4.69) is 13.8 Å². The molecule has 0 N–H and O–H groups in total. The zero-order valence-electron chi connectivity index (χ0n) is 10.8. The molecule has 3 unspecified atom stereocenters. The topological polar surface area (TPSA) is 20.3 Å². The van der Waals surface area contributed by atoms with Crippen LogP contribution >= 0.6 is 0 Å². The van der Waals surface area contributed by atoms with Gasteiger partial charge < -0.3 is 4.90 Å². The molecule has 5 heteroatoms. The standard InChI is InChI=1S/C13H20F3NO/c1-3-8(2)9-6-10-4-5-11(7-9)17(10)12(18)13(14,15)16/h8-11H,3-7H2,1-2H3. The number of halogens is 3. The van der Waals surface area contributed by atoms with Crippen LogP contribution in [0.2, 0.25) is 0 Å². The zero-order chi connectivity index (χ0) is 13.5. The molecule has 2 aliphatic rings. The second-order valence-corrected chi connectivity index (χ2v) is 5.71. The highest BCUT2D eigenvalue weighted by atomic mass is 19.4. The minimum atomic E-state index is -4.72. The summed E-state index contributed by atoms with van der Waals surface area (Å²) in [5.74, 6) is -0.612. The van der Waals surface area contributed by atoms with Crippen LogP contribution in [0.25, 0.3) is 0 Å². The molecule has 3 atom stereocenters. The van der Waals surface area contributed by atoms with Crippen molar-refractivity contribution in [3.63, 3.8) is 0 Å². The minimum Gasteiger partial charge on any atom is -0.329 e. The fraction of sp³-hybridized carbons (Fsp3) is 0.923. The van der Waals surface area contributed by atoms with Crippen molar-refractivity contribution in [1.29, 1.82) is 0 Å². The first-order valence-electron chi connectivity index (χ1n) is 6.74. The molecule has 2 heterocycles. The number of hydrogen-bond acceptors (Lipinski definition) is 1. The number of hydrogen-bond donors (Lipinski definition) is 0. The van der Waals surface area contributed by atoms with Gasteiger partial charge >= 0.3 is 12.1 Å². The molecule has 2 nitrogen and oxygen atoms in total. The van der Waals surface area contributed by atoms with Crippen molar-refractivity contribution >= 4 is 5.91 Å². The van der Waals surface area contributed by atoms with Crippen LogP contribution in [0.4, 0.5) is 13.2 Å². The van der Waals surface area contributed by atoms with Crippen molar-refractivity contribution in [2.75, 3.05) is 0 Å². The number of piperidine rings is 1. The van der Waals surface area contributed by atoms with E-state index in [-0.39, 0.29) is 12.1 Å². The molecular weight excluding hydrogens is 243 g/mol. The van der Waals surface area contributed by atoms with E-state index in [1.54, 1.807) is 0 Å². The average molecular weight is 263 g/mol. The molecule has 0 aromatic carbocycles. The number of rotatable bonds is 2. The molecule has 2 aliphatic heterocycles. The molecule has 18 heavy (non-hydrogen) atoms.